The lowest BCUT2D eigenvalue weighted by molar-refractivity contribution is -0.154. The number of esters is 1. The van der Waals surface area contributed by atoms with Crippen LogP contribution in [0.25, 0.3) is 0 Å². The maximum absolute atomic E-state index is 12.0. The second kappa shape index (κ2) is 8.48. The minimum atomic E-state index is -0.782. The van der Waals surface area contributed by atoms with Crippen LogP contribution in [-0.2, 0) is 27.3 Å². The lowest BCUT2D eigenvalue weighted by Gasteiger charge is -2.13. The van der Waals surface area contributed by atoms with Crippen molar-refractivity contribution in [3.8, 4) is 0 Å². The number of aryl methyl sites for hydroxylation is 2. The van der Waals surface area contributed by atoms with E-state index in [1.165, 1.54) is 5.56 Å². The first-order valence-electron chi connectivity index (χ1n) is 7.58. The Morgan fingerprint density at radius 1 is 1.17 bits per heavy atom. The second-order valence-electron chi connectivity index (χ2n) is 5.47. The molecule has 1 aromatic carbocycles. The molecular weight excluding hydrogens is 310 g/mol. The van der Waals surface area contributed by atoms with Crippen LogP contribution in [0.3, 0.4) is 0 Å². The second-order valence-corrected chi connectivity index (χ2v) is 6.25. The molecule has 0 spiro atoms. The molecule has 0 fully saturated rings. The third-order valence-corrected chi connectivity index (χ3v) is 4.19. The largest absolute Gasteiger partial charge is 0.453 e. The Morgan fingerprint density at radius 2 is 1.91 bits per heavy atom. The van der Waals surface area contributed by atoms with E-state index in [0.29, 0.717) is 13.0 Å². The first kappa shape index (κ1) is 17.2. The molecule has 1 heterocycles. The van der Waals surface area contributed by atoms with Crippen LogP contribution in [0.2, 0.25) is 0 Å². The maximum atomic E-state index is 12.0. The molecule has 4 nitrogen and oxygen atoms in total. The summed E-state index contributed by atoms with van der Waals surface area (Å²) >= 11 is 1.60. The monoisotopic (exact) mass is 331 g/mol. The zero-order valence-electron chi connectivity index (χ0n) is 13.4. The van der Waals surface area contributed by atoms with E-state index in [9.17, 15) is 9.59 Å². The number of amides is 1. The molecule has 23 heavy (non-hydrogen) atoms. The van der Waals surface area contributed by atoms with Crippen molar-refractivity contribution >= 4 is 23.2 Å². The van der Waals surface area contributed by atoms with Gasteiger partial charge in [-0.15, -0.1) is 0 Å². The van der Waals surface area contributed by atoms with Crippen LogP contribution in [0.15, 0.2) is 41.1 Å². The maximum Gasteiger partial charge on any atom is 0.306 e. The van der Waals surface area contributed by atoms with E-state index in [0.717, 1.165) is 11.1 Å². The molecule has 122 valence electrons. The summed E-state index contributed by atoms with van der Waals surface area (Å²) in [6.45, 7) is 4.03. The Bertz CT molecular complexity index is 635. The van der Waals surface area contributed by atoms with Crippen molar-refractivity contribution in [3.63, 3.8) is 0 Å². The van der Waals surface area contributed by atoms with E-state index in [2.05, 4.69) is 5.32 Å². The molecule has 2 rings (SSSR count). The summed E-state index contributed by atoms with van der Waals surface area (Å²) in [5.74, 6) is -0.636. The molecule has 0 unspecified atom stereocenters. The van der Waals surface area contributed by atoms with Gasteiger partial charge < -0.3 is 10.1 Å². The number of thiophene rings is 1. The first-order valence-corrected chi connectivity index (χ1v) is 8.52. The molecule has 1 N–H and O–H groups in total. The molecule has 0 saturated carbocycles. The van der Waals surface area contributed by atoms with Crippen molar-refractivity contribution in [1.82, 2.24) is 5.32 Å². The van der Waals surface area contributed by atoms with Crippen LogP contribution < -0.4 is 5.32 Å². The smallest absolute Gasteiger partial charge is 0.306 e. The number of ether oxygens (including phenoxy) is 1. The molecule has 1 aromatic heterocycles. The molecule has 0 aliphatic heterocycles. The van der Waals surface area contributed by atoms with Crippen molar-refractivity contribution in [2.45, 2.75) is 39.3 Å². The number of benzene rings is 1. The fraction of sp³-hybridized carbons (Fsp3) is 0.333. The number of hydrogen-bond acceptors (Lipinski definition) is 4. The van der Waals surface area contributed by atoms with E-state index in [1.807, 2.05) is 48.0 Å². The first-order chi connectivity index (χ1) is 11.0. The third kappa shape index (κ3) is 5.87. The molecule has 2 aromatic rings. The summed E-state index contributed by atoms with van der Waals surface area (Å²) in [4.78, 5) is 23.7. The highest BCUT2D eigenvalue weighted by atomic mass is 32.1. The Balaban J connectivity index is 1.71. The van der Waals surface area contributed by atoms with Crippen LogP contribution >= 0.6 is 11.3 Å². The summed E-state index contributed by atoms with van der Waals surface area (Å²) in [7, 11) is 0. The van der Waals surface area contributed by atoms with Gasteiger partial charge in [-0.2, -0.15) is 11.3 Å². The van der Waals surface area contributed by atoms with Gasteiger partial charge in [0.15, 0.2) is 6.10 Å². The van der Waals surface area contributed by atoms with Crippen molar-refractivity contribution in [2.75, 3.05) is 0 Å². The topological polar surface area (TPSA) is 55.4 Å². The zero-order chi connectivity index (χ0) is 16.7. The zero-order valence-corrected chi connectivity index (χ0v) is 14.2. The van der Waals surface area contributed by atoms with E-state index in [1.54, 1.807) is 18.3 Å². The number of hydrogen-bond donors (Lipinski definition) is 1. The lowest BCUT2D eigenvalue weighted by Crippen LogP contribution is -2.35. The highest BCUT2D eigenvalue weighted by molar-refractivity contribution is 7.07. The van der Waals surface area contributed by atoms with Gasteiger partial charge in [0, 0.05) is 13.0 Å². The number of carbonyl (C=O) groups is 2. The highest BCUT2D eigenvalue weighted by Crippen LogP contribution is 2.09. The van der Waals surface area contributed by atoms with Gasteiger partial charge in [-0.3, -0.25) is 9.59 Å². The molecule has 1 atom stereocenters. The molecule has 0 aliphatic carbocycles. The van der Waals surface area contributed by atoms with Crippen molar-refractivity contribution in [2.24, 2.45) is 0 Å². The number of rotatable bonds is 7. The normalized spacial score (nSPS) is 11.7. The van der Waals surface area contributed by atoms with Gasteiger partial charge in [-0.1, -0.05) is 29.8 Å². The van der Waals surface area contributed by atoms with E-state index >= 15 is 0 Å². The summed E-state index contributed by atoms with van der Waals surface area (Å²) in [5.41, 5.74) is 3.30. The highest BCUT2D eigenvalue weighted by Gasteiger charge is 2.17. The molecule has 0 saturated heterocycles. The van der Waals surface area contributed by atoms with Gasteiger partial charge in [-0.25, -0.2) is 0 Å². The van der Waals surface area contributed by atoms with Gasteiger partial charge in [0.2, 0.25) is 0 Å². The van der Waals surface area contributed by atoms with Crippen LogP contribution in [-0.4, -0.2) is 18.0 Å². The fourth-order valence-corrected chi connectivity index (χ4v) is 2.73. The quantitative estimate of drug-likeness (QED) is 0.793. The minimum absolute atomic E-state index is 0.283. The summed E-state index contributed by atoms with van der Waals surface area (Å²) in [5, 5.41) is 6.76. The van der Waals surface area contributed by atoms with Gasteiger partial charge in [0.1, 0.15) is 0 Å². The third-order valence-electron chi connectivity index (χ3n) is 3.46. The Labute approximate surface area is 140 Å². The minimum Gasteiger partial charge on any atom is -0.453 e. The van der Waals surface area contributed by atoms with Crippen LogP contribution in [0, 0.1) is 6.92 Å². The molecule has 0 radical (unpaired) electrons. The average molecular weight is 331 g/mol. The molecule has 0 aliphatic rings. The summed E-state index contributed by atoms with van der Waals surface area (Å²) < 4.78 is 5.17. The van der Waals surface area contributed by atoms with E-state index in [-0.39, 0.29) is 18.3 Å². The number of carbonyl (C=O) groups excluding carboxylic acids is 2. The molecular formula is C18H21NO3S. The Kier molecular flexibility index (Phi) is 6.35. The van der Waals surface area contributed by atoms with Gasteiger partial charge in [-0.05, 0) is 48.2 Å². The van der Waals surface area contributed by atoms with Crippen molar-refractivity contribution in [3.05, 3.63) is 57.8 Å². The van der Waals surface area contributed by atoms with Gasteiger partial charge >= 0.3 is 5.97 Å². The van der Waals surface area contributed by atoms with Crippen LogP contribution in [0.5, 0.6) is 0 Å². The van der Waals surface area contributed by atoms with Crippen molar-refractivity contribution < 1.29 is 14.3 Å². The SMILES string of the molecule is Cc1ccc(CNC(=O)[C@H](C)OC(=O)CCc2ccsc2)cc1. The average Bonchev–Trinajstić information content (AvgIpc) is 3.05. The standard InChI is InChI=1S/C18H21NO3S/c1-13-3-5-15(6-4-13)11-19-18(21)14(2)22-17(20)8-7-16-9-10-23-12-16/h3-6,9-10,12,14H,7-8,11H2,1-2H3,(H,19,21)/t14-/m0/s1. The lowest BCUT2D eigenvalue weighted by atomic mass is 10.1. The van der Waals surface area contributed by atoms with E-state index in [4.69, 9.17) is 4.74 Å². The van der Waals surface area contributed by atoms with E-state index < -0.39 is 6.10 Å². The molecule has 0 bridgehead atoms. The Hall–Kier alpha value is -2.14. The molecule has 5 heteroatoms. The molecule has 1 amide bonds. The predicted octanol–water partition coefficient (Wildman–Crippen LogP) is 3.24. The van der Waals surface area contributed by atoms with Gasteiger partial charge in [0.05, 0.1) is 0 Å². The van der Waals surface area contributed by atoms with Crippen LogP contribution in [0.1, 0.15) is 30.0 Å². The van der Waals surface area contributed by atoms with Gasteiger partial charge in [0.25, 0.3) is 5.91 Å². The Morgan fingerprint density at radius 3 is 2.57 bits per heavy atom. The predicted molar refractivity (Wildman–Crippen MR) is 91.2 cm³/mol. The van der Waals surface area contributed by atoms with Crippen LogP contribution in [0.4, 0.5) is 0 Å². The summed E-state index contributed by atoms with van der Waals surface area (Å²) in [6.07, 6.45) is 0.141. The van der Waals surface area contributed by atoms with Crippen molar-refractivity contribution in [1.29, 1.82) is 0 Å². The summed E-state index contributed by atoms with van der Waals surface area (Å²) in [6, 6.07) is 9.90. The number of nitrogens with one attached hydrogen (secondary N) is 1. The fourth-order valence-electron chi connectivity index (χ4n) is 2.03.